The molecule has 0 radical (unpaired) electrons. The predicted molar refractivity (Wildman–Crippen MR) is 55.6 cm³/mol. The van der Waals surface area contributed by atoms with Crippen LogP contribution in [-0.4, -0.2) is 30.2 Å². The van der Waals surface area contributed by atoms with Crippen molar-refractivity contribution in [3.8, 4) is 0 Å². The summed E-state index contributed by atoms with van der Waals surface area (Å²) >= 11 is 0. The minimum absolute atomic E-state index is 0.278. The van der Waals surface area contributed by atoms with Crippen molar-refractivity contribution < 1.29 is 24.2 Å². The number of rotatable bonds is 3. The Labute approximate surface area is 87.3 Å². The summed E-state index contributed by atoms with van der Waals surface area (Å²) in [6.45, 7) is 5.84. The molecule has 0 saturated carbocycles. The van der Waals surface area contributed by atoms with E-state index in [1.807, 2.05) is 19.6 Å². The van der Waals surface area contributed by atoms with Gasteiger partial charge in [-0.25, -0.2) is 9.59 Å². The Morgan fingerprint density at radius 2 is 1.73 bits per heavy atom. The number of carboxylic acids is 2. The van der Waals surface area contributed by atoms with E-state index in [-0.39, 0.29) is 5.56 Å². The van der Waals surface area contributed by atoms with Gasteiger partial charge < -0.3 is 14.6 Å². The van der Waals surface area contributed by atoms with Crippen LogP contribution in [0.3, 0.4) is 0 Å². The van der Waals surface area contributed by atoms with Crippen LogP contribution in [0.5, 0.6) is 0 Å². The molecule has 82 valence electrons. The Balaban J connectivity index is 3.34. The van der Waals surface area contributed by atoms with E-state index in [4.69, 9.17) is 14.6 Å². The second-order valence-electron chi connectivity index (χ2n) is 4.21. The Kier molecular flexibility index (Phi) is 2.72. The molecule has 0 fully saturated rings. The average molecular weight is 228 g/mol. The largest absolute Gasteiger partial charge is 0.478 e. The minimum atomic E-state index is -1.83. The maximum atomic E-state index is 10.8. The number of hydrogen-bond acceptors (Lipinski definition) is 3. The zero-order chi connectivity index (χ0) is 11.8. The molecule has 0 unspecified atom stereocenters. The smallest absolute Gasteiger partial charge is 0.372 e. The highest BCUT2D eigenvalue weighted by molar-refractivity contribution is 6.87. The molecule has 1 aromatic rings. The first kappa shape index (κ1) is 11.5. The minimum Gasteiger partial charge on any atom is -0.478 e. The molecule has 0 spiro atoms. The normalized spacial score (nSPS) is 11.4. The highest BCUT2D eigenvalue weighted by Gasteiger charge is 2.28. The third-order valence-corrected chi connectivity index (χ3v) is 3.62. The lowest BCUT2D eigenvalue weighted by Gasteiger charge is -2.10. The van der Waals surface area contributed by atoms with E-state index >= 15 is 0 Å². The van der Waals surface area contributed by atoms with Gasteiger partial charge >= 0.3 is 11.9 Å². The highest BCUT2D eigenvalue weighted by atomic mass is 28.3. The number of hydrogen-bond donors (Lipinski definition) is 2. The van der Waals surface area contributed by atoms with E-state index in [0.29, 0.717) is 5.38 Å². The molecule has 6 heteroatoms. The first-order valence-corrected chi connectivity index (χ1v) is 7.84. The molecular weight excluding hydrogens is 216 g/mol. The van der Waals surface area contributed by atoms with Crippen LogP contribution < -0.4 is 5.38 Å². The van der Waals surface area contributed by atoms with E-state index in [0.717, 1.165) is 0 Å². The topological polar surface area (TPSA) is 87.7 Å². The van der Waals surface area contributed by atoms with Crippen LogP contribution in [0.1, 0.15) is 20.9 Å². The van der Waals surface area contributed by atoms with Crippen LogP contribution in [0.15, 0.2) is 10.5 Å². The number of carboxylic acid groups (broad SMARTS) is 2. The fraction of sp³-hybridized carbons (Fsp3) is 0.333. The lowest BCUT2D eigenvalue weighted by molar-refractivity contribution is 0.0627. The van der Waals surface area contributed by atoms with Gasteiger partial charge in [0, 0.05) is 0 Å². The van der Waals surface area contributed by atoms with Gasteiger partial charge in [0.2, 0.25) is 5.76 Å². The Bertz CT molecular complexity index is 381. The van der Waals surface area contributed by atoms with Gasteiger partial charge in [0.25, 0.3) is 0 Å². The van der Waals surface area contributed by atoms with Gasteiger partial charge in [0.1, 0.15) is 13.6 Å². The maximum Gasteiger partial charge on any atom is 0.372 e. The van der Waals surface area contributed by atoms with Crippen LogP contribution in [-0.2, 0) is 0 Å². The molecule has 1 aromatic heterocycles. The lowest BCUT2D eigenvalue weighted by atomic mass is 10.2. The summed E-state index contributed by atoms with van der Waals surface area (Å²) in [5.41, 5.74) is -0.278. The number of carbonyl (C=O) groups is 2. The molecule has 1 rings (SSSR count). The van der Waals surface area contributed by atoms with Gasteiger partial charge in [-0.05, 0) is 6.07 Å². The van der Waals surface area contributed by atoms with Gasteiger partial charge in [0.15, 0.2) is 0 Å². The molecular formula is C9H12O5Si. The average Bonchev–Trinajstić information content (AvgIpc) is 2.45. The van der Waals surface area contributed by atoms with Crippen molar-refractivity contribution in [3.63, 3.8) is 0 Å². The monoisotopic (exact) mass is 228 g/mol. The van der Waals surface area contributed by atoms with Crippen molar-refractivity contribution in [2.24, 2.45) is 0 Å². The van der Waals surface area contributed by atoms with Crippen molar-refractivity contribution in [2.45, 2.75) is 19.6 Å². The summed E-state index contributed by atoms with van der Waals surface area (Å²) in [4.78, 5) is 21.5. The Hall–Kier alpha value is -1.56. The van der Waals surface area contributed by atoms with Crippen molar-refractivity contribution in [2.75, 3.05) is 0 Å². The zero-order valence-electron chi connectivity index (χ0n) is 8.70. The van der Waals surface area contributed by atoms with Gasteiger partial charge in [0.05, 0.1) is 5.38 Å². The van der Waals surface area contributed by atoms with Crippen LogP contribution in [0.4, 0.5) is 0 Å². The fourth-order valence-electron chi connectivity index (χ4n) is 1.08. The zero-order valence-corrected chi connectivity index (χ0v) is 9.70. The first-order chi connectivity index (χ1) is 6.73. The second kappa shape index (κ2) is 3.54. The van der Waals surface area contributed by atoms with Crippen molar-refractivity contribution in [1.29, 1.82) is 0 Å². The maximum absolute atomic E-state index is 10.8. The molecule has 0 bridgehead atoms. The SMILES string of the molecule is C[Si](C)(C)c1cc(C(=O)O)c(C(=O)O)o1. The van der Waals surface area contributed by atoms with E-state index in [1.165, 1.54) is 6.07 Å². The van der Waals surface area contributed by atoms with Crippen molar-refractivity contribution in [3.05, 3.63) is 17.4 Å². The molecule has 5 nitrogen and oxygen atoms in total. The van der Waals surface area contributed by atoms with Gasteiger partial charge in [-0.15, -0.1) is 0 Å². The van der Waals surface area contributed by atoms with Crippen LogP contribution in [0, 0.1) is 0 Å². The quantitative estimate of drug-likeness (QED) is 0.759. The summed E-state index contributed by atoms with van der Waals surface area (Å²) < 4.78 is 5.08. The molecule has 0 aliphatic rings. The van der Waals surface area contributed by atoms with E-state index in [2.05, 4.69) is 0 Å². The molecule has 0 atom stereocenters. The third-order valence-electron chi connectivity index (χ3n) is 1.90. The van der Waals surface area contributed by atoms with Crippen molar-refractivity contribution >= 4 is 25.4 Å². The van der Waals surface area contributed by atoms with Gasteiger partial charge in [-0.2, -0.15) is 0 Å². The molecule has 0 aliphatic heterocycles. The third kappa shape index (κ3) is 2.27. The molecule has 0 amide bonds. The number of furan rings is 1. The molecule has 15 heavy (non-hydrogen) atoms. The molecule has 0 aromatic carbocycles. The molecule has 2 N–H and O–H groups in total. The summed E-state index contributed by atoms with van der Waals surface area (Å²) in [5, 5.41) is 18.0. The summed E-state index contributed by atoms with van der Waals surface area (Å²) in [6, 6.07) is 1.32. The number of aromatic carboxylic acids is 2. The first-order valence-electron chi connectivity index (χ1n) is 4.34. The molecule has 0 aliphatic carbocycles. The van der Waals surface area contributed by atoms with E-state index in [9.17, 15) is 9.59 Å². The van der Waals surface area contributed by atoms with Crippen LogP contribution in [0.2, 0.25) is 19.6 Å². The van der Waals surface area contributed by atoms with Crippen LogP contribution in [0.25, 0.3) is 0 Å². The van der Waals surface area contributed by atoms with Gasteiger partial charge in [-0.3, -0.25) is 0 Å². The predicted octanol–water partition coefficient (Wildman–Crippen LogP) is 1.22. The standard InChI is InChI=1S/C9H12O5Si/c1-15(2,3)6-4-5(8(10)11)7(14-6)9(12)13/h4H,1-3H3,(H,10,11)(H,12,13). The Morgan fingerprint density at radius 1 is 1.20 bits per heavy atom. The van der Waals surface area contributed by atoms with Crippen LogP contribution >= 0.6 is 0 Å². The van der Waals surface area contributed by atoms with Gasteiger partial charge in [-0.1, -0.05) is 19.6 Å². The fourth-order valence-corrected chi connectivity index (χ4v) is 2.06. The summed E-state index contributed by atoms with van der Waals surface area (Å²) in [6.07, 6.45) is 0. The molecule has 0 saturated heterocycles. The lowest BCUT2D eigenvalue weighted by Crippen LogP contribution is -2.36. The van der Waals surface area contributed by atoms with Crippen molar-refractivity contribution in [1.82, 2.24) is 0 Å². The second-order valence-corrected chi connectivity index (χ2v) is 9.21. The Morgan fingerprint density at radius 3 is 2.00 bits per heavy atom. The summed E-state index contributed by atoms with van der Waals surface area (Å²) in [5.74, 6) is -3.11. The molecule has 1 heterocycles. The summed E-state index contributed by atoms with van der Waals surface area (Å²) in [7, 11) is -1.83. The van der Waals surface area contributed by atoms with E-state index < -0.39 is 25.8 Å². The van der Waals surface area contributed by atoms with E-state index in [1.54, 1.807) is 0 Å². The highest BCUT2D eigenvalue weighted by Crippen LogP contribution is 2.13.